The Hall–Kier alpha value is -1.95. The van der Waals surface area contributed by atoms with Crippen LogP contribution in [0.15, 0.2) is 18.2 Å². The molecule has 0 aromatic heterocycles. The molecule has 2 saturated heterocycles. The van der Waals surface area contributed by atoms with Gasteiger partial charge in [0.15, 0.2) is 0 Å². The molecule has 0 radical (unpaired) electrons. The minimum absolute atomic E-state index is 0.0323. The van der Waals surface area contributed by atoms with Crippen molar-refractivity contribution in [1.82, 2.24) is 10.2 Å². The zero-order chi connectivity index (χ0) is 16.4. The summed E-state index contributed by atoms with van der Waals surface area (Å²) in [6.45, 7) is 1.87. The number of halogens is 1. The number of nitrogens with one attached hydrogen (secondary N) is 1. The Labute approximate surface area is 135 Å². The van der Waals surface area contributed by atoms with Gasteiger partial charge in [-0.2, -0.15) is 0 Å². The van der Waals surface area contributed by atoms with E-state index in [1.165, 1.54) is 12.1 Å². The smallest absolute Gasteiger partial charge is 0.256 e. The van der Waals surface area contributed by atoms with E-state index >= 15 is 0 Å². The van der Waals surface area contributed by atoms with Crippen molar-refractivity contribution < 1.29 is 14.0 Å². The van der Waals surface area contributed by atoms with Crippen LogP contribution in [0.3, 0.4) is 0 Å². The average molecular weight is 319 g/mol. The van der Waals surface area contributed by atoms with Gasteiger partial charge in [-0.15, -0.1) is 0 Å². The number of piperidine rings is 1. The molecule has 2 fully saturated rings. The summed E-state index contributed by atoms with van der Waals surface area (Å²) in [5.74, 6) is -0.781. The van der Waals surface area contributed by atoms with Gasteiger partial charge < -0.3 is 15.1 Å². The predicted octanol–water partition coefficient (Wildman–Crippen LogP) is 1.78. The summed E-state index contributed by atoms with van der Waals surface area (Å²) in [5, 5.41) is 3.21. The van der Waals surface area contributed by atoms with E-state index in [-0.39, 0.29) is 17.4 Å². The molecule has 1 aromatic carbocycles. The highest BCUT2D eigenvalue weighted by Crippen LogP contribution is 2.25. The van der Waals surface area contributed by atoms with Gasteiger partial charge in [-0.05, 0) is 44.5 Å². The molecule has 2 aliphatic rings. The number of hydrogen-bond acceptors (Lipinski definition) is 3. The minimum Gasteiger partial charge on any atom is -0.338 e. The van der Waals surface area contributed by atoms with E-state index in [0.717, 1.165) is 19.3 Å². The molecule has 0 bridgehead atoms. The maximum atomic E-state index is 14.1. The topological polar surface area (TPSA) is 52.7 Å². The van der Waals surface area contributed by atoms with Crippen LogP contribution in [0.5, 0.6) is 0 Å². The Bertz CT molecular complexity index is 612. The summed E-state index contributed by atoms with van der Waals surface area (Å²) in [6.07, 6.45) is 3.05. The molecular formula is C17H22FN3O2. The molecule has 124 valence electrons. The summed E-state index contributed by atoms with van der Waals surface area (Å²) in [5.41, 5.74) is 0.674. The van der Waals surface area contributed by atoms with Crippen LogP contribution in [0.25, 0.3) is 0 Å². The second-order valence-corrected chi connectivity index (χ2v) is 6.17. The Morgan fingerprint density at radius 3 is 2.61 bits per heavy atom. The summed E-state index contributed by atoms with van der Waals surface area (Å²) in [6, 6.07) is 4.79. The maximum Gasteiger partial charge on any atom is 0.256 e. The van der Waals surface area contributed by atoms with Crippen LogP contribution in [-0.4, -0.2) is 49.4 Å². The second kappa shape index (κ2) is 6.66. The van der Waals surface area contributed by atoms with Gasteiger partial charge in [-0.3, -0.25) is 9.59 Å². The van der Waals surface area contributed by atoms with Gasteiger partial charge in [0.1, 0.15) is 5.82 Å². The van der Waals surface area contributed by atoms with Gasteiger partial charge in [0.2, 0.25) is 5.91 Å². The Kier molecular flexibility index (Phi) is 4.61. The molecule has 0 spiro atoms. The molecule has 0 saturated carbocycles. The largest absolute Gasteiger partial charge is 0.338 e. The van der Waals surface area contributed by atoms with E-state index in [4.69, 9.17) is 0 Å². The number of nitrogens with zero attached hydrogens (tertiary/aromatic N) is 2. The van der Waals surface area contributed by atoms with E-state index in [1.54, 1.807) is 15.9 Å². The summed E-state index contributed by atoms with van der Waals surface area (Å²) < 4.78 is 14.1. The lowest BCUT2D eigenvalue weighted by molar-refractivity contribution is -0.117. The first kappa shape index (κ1) is 15.9. The molecule has 2 amide bonds. The van der Waals surface area contributed by atoms with Crippen molar-refractivity contribution in [3.63, 3.8) is 0 Å². The van der Waals surface area contributed by atoms with Crippen LogP contribution < -0.4 is 10.2 Å². The number of carbonyl (C=O) groups excluding carboxylic acids is 2. The summed E-state index contributed by atoms with van der Waals surface area (Å²) >= 11 is 0. The fraction of sp³-hybridized carbons (Fsp3) is 0.529. The van der Waals surface area contributed by atoms with Gasteiger partial charge in [-0.25, -0.2) is 4.39 Å². The number of amides is 2. The van der Waals surface area contributed by atoms with Crippen molar-refractivity contribution in [3.05, 3.63) is 29.6 Å². The van der Waals surface area contributed by atoms with E-state index in [2.05, 4.69) is 5.32 Å². The lowest BCUT2D eigenvalue weighted by atomic mass is 10.0. The highest BCUT2D eigenvalue weighted by molar-refractivity contribution is 5.99. The average Bonchev–Trinajstić information content (AvgIpc) is 3.01. The van der Waals surface area contributed by atoms with Crippen LogP contribution in [0, 0.1) is 5.82 Å². The van der Waals surface area contributed by atoms with Crippen LogP contribution >= 0.6 is 0 Å². The second-order valence-electron chi connectivity index (χ2n) is 6.17. The molecule has 2 aliphatic heterocycles. The first-order valence-electron chi connectivity index (χ1n) is 8.16. The lowest BCUT2D eigenvalue weighted by Gasteiger charge is -2.32. The molecule has 3 rings (SSSR count). The fourth-order valence-electron chi connectivity index (χ4n) is 3.31. The first-order valence-corrected chi connectivity index (χ1v) is 8.16. The molecule has 0 aliphatic carbocycles. The van der Waals surface area contributed by atoms with E-state index in [9.17, 15) is 14.0 Å². The lowest BCUT2D eigenvalue weighted by Crippen LogP contribution is -2.44. The monoisotopic (exact) mass is 319 g/mol. The Morgan fingerprint density at radius 2 is 2.00 bits per heavy atom. The van der Waals surface area contributed by atoms with Gasteiger partial charge in [-0.1, -0.05) is 0 Å². The van der Waals surface area contributed by atoms with Crippen molar-refractivity contribution >= 4 is 17.5 Å². The summed E-state index contributed by atoms with van der Waals surface area (Å²) in [4.78, 5) is 27.8. The molecule has 0 atom stereocenters. The minimum atomic E-state index is -0.527. The fourth-order valence-corrected chi connectivity index (χ4v) is 3.31. The van der Waals surface area contributed by atoms with Crippen LogP contribution in [0.2, 0.25) is 0 Å². The van der Waals surface area contributed by atoms with Crippen molar-refractivity contribution in [2.75, 3.05) is 31.6 Å². The number of rotatable bonds is 3. The molecule has 1 aromatic rings. The van der Waals surface area contributed by atoms with Gasteiger partial charge in [0.25, 0.3) is 5.91 Å². The standard InChI is InChI=1S/C17H22FN3O2/c1-19-12-6-9-20(10-7-12)17(23)14-11-13(4-5-15(14)18)21-8-2-3-16(21)22/h4-5,11-12,19H,2-3,6-10H2,1H3. The zero-order valence-corrected chi connectivity index (χ0v) is 13.3. The number of anilines is 1. The number of hydrogen-bond donors (Lipinski definition) is 1. The SMILES string of the molecule is CNC1CCN(C(=O)c2cc(N3CCCC3=O)ccc2F)CC1. The number of likely N-dealkylation sites (tertiary alicyclic amines) is 1. The van der Waals surface area contributed by atoms with Gasteiger partial charge >= 0.3 is 0 Å². The van der Waals surface area contributed by atoms with Crippen LogP contribution in [-0.2, 0) is 4.79 Å². The van der Waals surface area contributed by atoms with Gasteiger partial charge in [0, 0.05) is 37.8 Å². The Morgan fingerprint density at radius 1 is 1.26 bits per heavy atom. The molecule has 6 heteroatoms. The van der Waals surface area contributed by atoms with Crippen molar-refractivity contribution in [1.29, 1.82) is 0 Å². The molecular weight excluding hydrogens is 297 g/mol. The molecule has 5 nitrogen and oxygen atoms in total. The Balaban J connectivity index is 1.79. The zero-order valence-electron chi connectivity index (χ0n) is 13.3. The van der Waals surface area contributed by atoms with Crippen LogP contribution in [0.4, 0.5) is 10.1 Å². The number of benzene rings is 1. The van der Waals surface area contributed by atoms with E-state index < -0.39 is 5.82 Å². The normalized spacial score (nSPS) is 19.5. The van der Waals surface area contributed by atoms with E-state index in [1.807, 2.05) is 7.05 Å². The van der Waals surface area contributed by atoms with Crippen LogP contribution in [0.1, 0.15) is 36.0 Å². The third-order valence-corrected chi connectivity index (χ3v) is 4.76. The van der Waals surface area contributed by atoms with Crippen molar-refractivity contribution in [2.24, 2.45) is 0 Å². The molecule has 1 N–H and O–H groups in total. The van der Waals surface area contributed by atoms with Gasteiger partial charge in [0.05, 0.1) is 5.56 Å². The van der Waals surface area contributed by atoms with Crippen molar-refractivity contribution in [3.8, 4) is 0 Å². The van der Waals surface area contributed by atoms with Crippen molar-refractivity contribution in [2.45, 2.75) is 31.7 Å². The number of carbonyl (C=O) groups is 2. The predicted molar refractivity (Wildman–Crippen MR) is 86.0 cm³/mol. The first-order chi connectivity index (χ1) is 11.1. The maximum absolute atomic E-state index is 14.1. The third-order valence-electron chi connectivity index (χ3n) is 4.76. The highest BCUT2D eigenvalue weighted by atomic mass is 19.1. The third kappa shape index (κ3) is 3.22. The highest BCUT2D eigenvalue weighted by Gasteiger charge is 2.27. The summed E-state index contributed by atoms with van der Waals surface area (Å²) in [7, 11) is 1.92. The molecule has 2 heterocycles. The molecule has 23 heavy (non-hydrogen) atoms. The molecule has 0 unspecified atom stereocenters. The van der Waals surface area contributed by atoms with E-state index in [0.29, 0.717) is 37.8 Å². The quantitative estimate of drug-likeness (QED) is 0.924.